The van der Waals surface area contributed by atoms with E-state index in [9.17, 15) is 4.79 Å². The smallest absolute Gasteiger partial charge is 0.252 e. The molecule has 0 bridgehead atoms. The molecular formula is C16H13BrINO2. The predicted octanol–water partition coefficient (Wildman–Crippen LogP) is 3.92. The zero-order chi connectivity index (χ0) is 14.8. The van der Waals surface area contributed by atoms with Gasteiger partial charge in [-0.2, -0.15) is 0 Å². The molecule has 0 saturated heterocycles. The van der Waals surface area contributed by atoms with Gasteiger partial charge < -0.3 is 10.1 Å². The lowest BCUT2D eigenvalue weighted by Crippen LogP contribution is -2.23. The van der Waals surface area contributed by atoms with Gasteiger partial charge in [-0.1, -0.05) is 28.1 Å². The maximum atomic E-state index is 12.3. The number of hydrogen-bond donors (Lipinski definition) is 1. The van der Waals surface area contributed by atoms with Crippen LogP contribution in [0.2, 0.25) is 0 Å². The van der Waals surface area contributed by atoms with Crippen molar-refractivity contribution in [2.75, 3.05) is 6.61 Å². The van der Waals surface area contributed by atoms with Crippen LogP contribution in [0.3, 0.4) is 0 Å². The van der Waals surface area contributed by atoms with E-state index in [1.807, 2.05) is 30.3 Å². The Morgan fingerprint density at radius 1 is 1.33 bits per heavy atom. The molecule has 0 aliphatic carbocycles. The molecule has 0 saturated carbocycles. The number of fused-ring (bicyclic) bond motifs is 1. The SMILES string of the molecule is O=C(NCc1cc(Br)cc2c1OCC2)c1ccccc1I. The van der Waals surface area contributed by atoms with E-state index in [4.69, 9.17) is 4.74 Å². The molecule has 1 aliphatic heterocycles. The lowest BCUT2D eigenvalue weighted by Gasteiger charge is -2.11. The molecule has 1 N–H and O–H groups in total. The summed E-state index contributed by atoms with van der Waals surface area (Å²) in [6.45, 7) is 1.18. The van der Waals surface area contributed by atoms with E-state index in [2.05, 4.69) is 49.9 Å². The summed E-state index contributed by atoms with van der Waals surface area (Å²) in [5.41, 5.74) is 2.91. The van der Waals surface area contributed by atoms with E-state index in [1.54, 1.807) is 0 Å². The summed E-state index contributed by atoms with van der Waals surface area (Å²) < 4.78 is 7.64. The van der Waals surface area contributed by atoms with E-state index in [1.165, 1.54) is 5.56 Å². The summed E-state index contributed by atoms with van der Waals surface area (Å²) in [6, 6.07) is 11.6. The van der Waals surface area contributed by atoms with Crippen LogP contribution in [0.4, 0.5) is 0 Å². The number of benzene rings is 2. The second-order valence-electron chi connectivity index (χ2n) is 4.81. The van der Waals surface area contributed by atoms with Crippen molar-refractivity contribution >= 4 is 44.4 Å². The average molecular weight is 458 g/mol. The number of carbonyl (C=O) groups excluding carboxylic acids is 1. The summed E-state index contributed by atoms with van der Waals surface area (Å²) in [6.07, 6.45) is 0.923. The molecule has 5 heteroatoms. The number of rotatable bonds is 3. The predicted molar refractivity (Wildman–Crippen MR) is 93.7 cm³/mol. The molecule has 21 heavy (non-hydrogen) atoms. The molecule has 2 aromatic rings. The summed E-state index contributed by atoms with van der Waals surface area (Å²) >= 11 is 5.68. The van der Waals surface area contributed by atoms with Gasteiger partial charge >= 0.3 is 0 Å². The van der Waals surface area contributed by atoms with Crippen LogP contribution >= 0.6 is 38.5 Å². The van der Waals surface area contributed by atoms with Crippen LogP contribution in [0, 0.1) is 3.57 Å². The van der Waals surface area contributed by atoms with E-state index in [-0.39, 0.29) is 5.91 Å². The third kappa shape index (κ3) is 3.23. The first-order valence-electron chi connectivity index (χ1n) is 6.62. The highest BCUT2D eigenvalue weighted by Crippen LogP contribution is 2.32. The fourth-order valence-corrected chi connectivity index (χ4v) is 3.58. The van der Waals surface area contributed by atoms with Crippen LogP contribution in [0.5, 0.6) is 5.75 Å². The van der Waals surface area contributed by atoms with Gasteiger partial charge in [-0.15, -0.1) is 0 Å². The molecule has 108 valence electrons. The number of halogens is 2. The fraction of sp³-hybridized carbons (Fsp3) is 0.188. The molecule has 2 aromatic carbocycles. The van der Waals surface area contributed by atoms with Crippen LogP contribution in [0.25, 0.3) is 0 Å². The van der Waals surface area contributed by atoms with Crippen molar-refractivity contribution in [2.24, 2.45) is 0 Å². The fourth-order valence-electron chi connectivity index (χ4n) is 2.39. The Morgan fingerprint density at radius 3 is 2.95 bits per heavy atom. The van der Waals surface area contributed by atoms with Gasteiger partial charge in [0.15, 0.2) is 0 Å². The third-order valence-corrected chi connectivity index (χ3v) is 4.78. The highest BCUT2D eigenvalue weighted by molar-refractivity contribution is 14.1. The van der Waals surface area contributed by atoms with Crippen molar-refractivity contribution in [3.63, 3.8) is 0 Å². The zero-order valence-electron chi connectivity index (χ0n) is 11.2. The molecule has 0 atom stereocenters. The van der Waals surface area contributed by atoms with Crippen LogP contribution in [-0.4, -0.2) is 12.5 Å². The third-order valence-electron chi connectivity index (χ3n) is 3.38. The maximum absolute atomic E-state index is 12.3. The normalized spacial score (nSPS) is 12.7. The van der Waals surface area contributed by atoms with Crippen LogP contribution in [0.15, 0.2) is 40.9 Å². The first-order chi connectivity index (χ1) is 10.1. The molecule has 3 nitrogen and oxygen atoms in total. The Labute approximate surface area is 145 Å². The Hall–Kier alpha value is -1.08. The minimum atomic E-state index is -0.0632. The van der Waals surface area contributed by atoms with E-state index in [0.29, 0.717) is 18.7 Å². The van der Waals surface area contributed by atoms with Gasteiger partial charge in [0.2, 0.25) is 0 Å². The van der Waals surface area contributed by atoms with Gasteiger partial charge in [0.1, 0.15) is 5.75 Å². The number of amides is 1. The van der Waals surface area contributed by atoms with Crippen molar-refractivity contribution in [2.45, 2.75) is 13.0 Å². The number of nitrogens with one attached hydrogen (secondary N) is 1. The molecular weight excluding hydrogens is 445 g/mol. The van der Waals surface area contributed by atoms with Gasteiger partial charge in [-0.05, 0) is 52.4 Å². The summed E-state index contributed by atoms with van der Waals surface area (Å²) in [5, 5.41) is 2.97. The van der Waals surface area contributed by atoms with Crippen LogP contribution < -0.4 is 10.1 Å². The van der Waals surface area contributed by atoms with Crippen molar-refractivity contribution in [1.29, 1.82) is 0 Å². The first-order valence-corrected chi connectivity index (χ1v) is 8.49. The van der Waals surface area contributed by atoms with E-state index < -0.39 is 0 Å². The maximum Gasteiger partial charge on any atom is 0.252 e. The largest absolute Gasteiger partial charge is 0.493 e. The number of carbonyl (C=O) groups is 1. The summed E-state index contributed by atoms with van der Waals surface area (Å²) in [5.74, 6) is 0.855. The molecule has 1 heterocycles. The number of ether oxygens (including phenoxy) is 1. The molecule has 3 rings (SSSR count). The monoisotopic (exact) mass is 457 g/mol. The van der Waals surface area contributed by atoms with Gasteiger partial charge in [0, 0.05) is 26.6 Å². The van der Waals surface area contributed by atoms with E-state index >= 15 is 0 Å². The second kappa shape index (κ2) is 6.36. The Bertz CT molecular complexity index is 703. The Kier molecular flexibility index (Phi) is 4.49. The molecule has 1 amide bonds. The van der Waals surface area contributed by atoms with Gasteiger partial charge in [-0.3, -0.25) is 4.79 Å². The molecule has 0 aromatic heterocycles. The lowest BCUT2D eigenvalue weighted by atomic mass is 10.1. The Morgan fingerprint density at radius 2 is 2.14 bits per heavy atom. The van der Waals surface area contributed by atoms with Crippen molar-refractivity contribution in [1.82, 2.24) is 5.32 Å². The van der Waals surface area contributed by atoms with Crippen molar-refractivity contribution in [3.8, 4) is 5.75 Å². The molecule has 0 fully saturated rings. The first kappa shape index (κ1) is 14.8. The second-order valence-corrected chi connectivity index (χ2v) is 6.89. The minimum Gasteiger partial charge on any atom is -0.493 e. The zero-order valence-corrected chi connectivity index (χ0v) is 14.9. The van der Waals surface area contributed by atoms with Gasteiger partial charge in [0.25, 0.3) is 5.91 Å². The molecule has 0 unspecified atom stereocenters. The summed E-state index contributed by atoms with van der Waals surface area (Å²) in [4.78, 5) is 12.3. The highest BCUT2D eigenvalue weighted by atomic mass is 127. The molecule has 0 radical (unpaired) electrons. The standard InChI is InChI=1S/C16H13BrINO2/c17-12-7-10-5-6-21-15(10)11(8-12)9-19-16(20)13-3-1-2-4-14(13)18/h1-4,7-8H,5-6,9H2,(H,19,20). The summed E-state index contributed by atoms with van der Waals surface area (Å²) in [7, 11) is 0. The van der Waals surface area contributed by atoms with Crippen LogP contribution in [-0.2, 0) is 13.0 Å². The highest BCUT2D eigenvalue weighted by Gasteiger charge is 2.18. The molecule has 0 spiro atoms. The van der Waals surface area contributed by atoms with Gasteiger partial charge in [0.05, 0.1) is 12.2 Å². The quantitative estimate of drug-likeness (QED) is 0.709. The minimum absolute atomic E-state index is 0.0632. The Balaban J connectivity index is 1.77. The average Bonchev–Trinajstić information content (AvgIpc) is 2.93. The topological polar surface area (TPSA) is 38.3 Å². The molecule has 1 aliphatic rings. The van der Waals surface area contributed by atoms with Crippen molar-refractivity contribution < 1.29 is 9.53 Å². The lowest BCUT2D eigenvalue weighted by molar-refractivity contribution is 0.0950. The van der Waals surface area contributed by atoms with Crippen molar-refractivity contribution in [3.05, 3.63) is 61.1 Å². The van der Waals surface area contributed by atoms with Crippen LogP contribution in [0.1, 0.15) is 21.5 Å². The van der Waals surface area contributed by atoms with E-state index in [0.717, 1.165) is 25.8 Å². The number of hydrogen-bond acceptors (Lipinski definition) is 2. The van der Waals surface area contributed by atoms with Gasteiger partial charge in [-0.25, -0.2) is 0 Å².